The zero-order valence-corrected chi connectivity index (χ0v) is 16.6. The van der Waals surface area contributed by atoms with Crippen molar-refractivity contribution in [3.05, 3.63) is 94.8 Å². The average molecular weight is 404 g/mol. The first-order valence-corrected chi connectivity index (χ1v) is 9.58. The third-order valence-corrected chi connectivity index (χ3v) is 5.56. The van der Waals surface area contributed by atoms with Gasteiger partial charge in [-0.3, -0.25) is 14.5 Å². The van der Waals surface area contributed by atoms with Crippen molar-refractivity contribution in [2.45, 2.75) is 19.4 Å². The molecule has 1 heterocycles. The summed E-state index contributed by atoms with van der Waals surface area (Å²) < 4.78 is 13.8. The molecule has 0 aromatic heterocycles. The minimum Gasteiger partial charge on any atom is -0.372 e. The summed E-state index contributed by atoms with van der Waals surface area (Å²) in [6.45, 7) is 3.58. The molecule has 30 heavy (non-hydrogen) atoms. The summed E-state index contributed by atoms with van der Waals surface area (Å²) in [4.78, 5) is 27.3. The number of benzene rings is 3. The highest BCUT2D eigenvalue weighted by molar-refractivity contribution is 6.12. The molecule has 0 saturated carbocycles. The van der Waals surface area contributed by atoms with Crippen LogP contribution in [0.3, 0.4) is 0 Å². The highest BCUT2D eigenvalue weighted by Crippen LogP contribution is 2.44. The fraction of sp³-hybridized carbons (Fsp3) is 0.167. The van der Waals surface area contributed by atoms with E-state index in [0.29, 0.717) is 16.9 Å². The van der Waals surface area contributed by atoms with Crippen molar-refractivity contribution in [1.82, 2.24) is 0 Å². The van der Waals surface area contributed by atoms with E-state index in [9.17, 15) is 19.1 Å². The number of para-hydroxylation sites is 1. The second-order valence-corrected chi connectivity index (χ2v) is 7.42. The van der Waals surface area contributed by atoms with Gasteiger partial charge in [-0.1, -0.05) is 42.5 Å². The third-order valence-electron chi connectivity index (χ3n) is 5.56. The van der Waals surface area contributed by atoms with E-state index in [2.05, 4.69) is 5.32 Å². The molecular weight excluding hydrogens is 383 g/mol. The molecular formula is C24H21FN2O3. The molecule has 0 spiro atoms. The van der Waals surface area contributed by atoms with Crippen LogP contribution >= 0.6 is 0 Å². The second kappa shape index (κ2) is 7.39. The van der Waals surface area contributed by atoms with Gasteiger partial charge in [0.05, 0.1) is 5.69 Å². The van der Waals surface area contributed by atoms with E-state index in [1.54, 1.807) is 30.3 Å². The highest BCUT2D eigenvalue weighted by Gasteiger charge is 2.51. The number of nitrogens with zero attached hydrogens (tertiary/aromatic N) is 1. The van der Waals surface area contributed by atoms with Crippen molar-refractivity contribution in [3.63, 3.8) is 0 Å². The number of halogens is 1. The lowest BCUT2D eigenvalue weighted by Gasteiger charge is -2.23. The molecule has 3 aromatic carbocycles. The number of carbonyl (C=O) groups excluding carboxylic acids is 2. The van der Waals surface area contributed by atoms with Gasteiger partial charge in [0.15, 0.2) is 5.60 Å². The van der Waals surface area contributed by atoms with Crippen LogP contribution in [-0.2, 0) is 15.2 Å². The van der Waals surface area contributed by atoms with Gasteiger partial charge in [-0.05, 0) is 49.2 Å². The van der Waals surface area contributed by atoms with Crippen LogP contribution in [0.1, 0.15) is 22.3 Å². The molecule has 4 rings (SSSR count). The molecule has 0 radical (unpaired) electrons. The number of amides is 2. The maximum atomic E-state index is 13.8. The monoisotopic (exact) mass is 404 g/mol. The normalized spacial score (nSPS) is 17.7. The Morgan fingerprint density at radius 3 is 2.57 bits per heavy atom. The smallest absolute Gasteiger partial charge is 0.268 e. The van der Waals surface area contributed by atoms with Gasteiger partial charge in [-0.2, -0.15) is 0 Å². The van der Waals surface area contributed by atoms with Crippen molar-refractivity contribution < 1.29 is 19.1 Å². The van der Waals surface area contributed by atoms with Gasteiger partial charge >= 0.3 is 0 Å². The summed E-state index contributed by atoms with van der Waals surface area (Å²) >= 11 is 0. The molecule has 1 atom stereocenters. The number of carbonyl (C=O) groups is 2. The Labute approximate surface area is 173 Å². The van der Waals surface area contributed by atoms with Gasteiger partial charge < -0.3 is 10.4 Å². The molecule has 2 N–H and O–H groups in total. The zero-order valence-electron chi connectivity index (χ0n) is 16.6. The second-order valence-electron chi connectivity index (χ2n) is 7.42. The van der Waals surface area contributed by atoms with Crippen LogP contribution in [0.15, 0.2) is 66.7 Å². The number of aryl methyl sites for hydroxylation is 1. The summed E-state index contributed by atoms with van der Waals surface area (Å²) in [7, 11) is 0. The molecule has 0 unspecified atom stereocenters. The molecule has 0 aliphatic carbocycles. The van der Waals surface area contributed by atoms with Gasteiger partial charge in [0.1, 0.15) is 12.4 Å². The Kier molecular flexibility index (Phi) is 4.87. The van der Waals surface area contributed by atoms with E-state index in [1.807, 2.05) is 26.0 Å². The summed E-state index contributed by atoms with van der Waals surface area (Å²) in [5, 5.41) is 14.2. The van der Waals surface area contributed by atoms with Crippen molar-refractivity contribution in [1.29, 1.82) is 0 Å². The summed E-state index contributed by atoms with van der Waals surface area (Å²) in [6.07, 6.45) is 0. The number of anilines is 2. The van der Waals surface area contributed by atoms with E-state index in [0.717, 1.165) is 17.2 Å². The molecule has 1 aliphatic rings. The number of rotatable bonds is 4. The Balaban J connectivity index is 1.67. The Hall–Kier alpha value is -3.51. The standard InChI is InChI=1S/C24H21FN2O3/c1-15-7-5-11-20(16(15)2)26-22(28)14-27-21-12-4-3-10-19(21)24(30,23(27)29)17-8-6-9-18(25)13-17/h3-13,30H,14H2,1-2H3,(H,26,28)/t24-/m1/s1. The highest BCUT2D eigenvalue weighted by atomic mass is 19.1. The van der Waals surface area contributed by atoms with Crippen LogP contribution in [-0.4, -0.2) is 23.5 Å². The Morgan fingerprint density at radius 2 is 1.80 bits per heavy atom. The zero-order chi connectivity index (χ0) is 21.5. The number of nitrogens with one attached hydrogen (secondary N) is 1. The van der Waals surface area contributed by atoms with Gasteiger partial charge in [-0.25, -0.2) is 4.39 Å². The quantitative estimate of drug-likeness (QED) is 0.697. The van der Waals surface area contributed by atoms with Crippen molar-refractivity contribution >= 4 is 23.2 Å². The van der Waals surface area contributed by atoms with Crippen LogP contribution in [0.25, 0.3) is 0 Å². The minimum absolute atomic E-state index is 0.123. The lowest BCUT2D eigenvalue weighted by Crippen LogP contribution is -2.44. The SMILES string of the molecule is Cc1cccc(NC(=O)CN2C(=O)[C@@](O)(c3cccc(F)c3)c3ccccc32)c1C. The van der Waals surface area contributed by atoms with E-state index in [4.69, 9.17) is 0 Å². The average Bonchev–Trinajstić information content (AvgIpc) is 2.94. The molecule has 6 heteroatoms. The Morgan fingerprint density at radius 1 is 1.07 bits per heavy atom. The first kappa shape index (κ1) is 19.8. The van der Waals surface area contributed by atoms with Gasteiger partial charge in [0, 0.05) is 16.8 Å². The van der Waals surface area contributed by atoms with Crippen LogP contribution in [0.5, 0.6) is 0 Å². The van der Waals surface area contributed by atoms with Crippen molar-refractivity contribution in [2.24, 2.45) is 0 Å². The topological polar surface area (TPSA) is 69.6 Å². The molecule has 2 amide bonds. The van der Waals surface area contributed by atoms with Crippen LogP contribution < -0.4 is 10.2 Å². The van der Waals surface area contributed by atoms with Crippen molar-refractivity contribution in [3.8, 4) is 0 Å². The lowest BCUT2D eigenvalue weighted by molar-refractivity contribution is -0.133. The first-order valence-electron chi connectivity index (χ1n) is 9.58. The van der Waals surface area contributed by atoms with E-state index in [1.165, 1.54) is 23.1 Å². The maximum Gasteiger partial charge on any atom is 0.268 e. The fourth-order valence-electron chi connectivity index (χ4n) is 3.80. The number of hydrogen-bond donors (Lipinski definition) is 2. The summed E-state index contributed by atoms with van der Waals surface area (Å²) in [6, 6.07) is 17.6. The molecule has 152 valence electrons. The lowest BCUT2D eigenvalue weighted by atomic mass is 9.87. The van der Waals surface area contributed by atoms with Gasteiger partial charge in [-0.15, -0.1) is 0 Å². The molecule has 5 nitrogen and oxygen atoms in total. The number of aliphatic hydroxyl groups is 1. The molecule has 1 aliphatic heterocycles. The Bertz CT molecular complexity index is 1160. The van der Waals surface area contributed by atoms with Gasteiger partial charge in [0.2, 0.25) is 5.91 Å². The van der Waals surface area contributed by atoms with E-state index >= 15 is 0 Å². The molecule has 3 aromatic rings. The number of hydrogen-bond acceptors (Lipinski definition) is 3. The summed E-state index contributed by atoms with van der Waals surface area (Å²) in [5.41, 5.74) is 1.45. The predicted molar refractivity (Wildman–Crippen MR) is 113 cm³/mol. The van der Waals surface area contributed by atoms with Crippen LogP contribution in [0.2, 0.25) is 0 Å². The van der Waals surface area contributed by atoms with Crippen LogP contribution in [0, 0.1) is 19.7 Å². The fourth-order valence-corrected chi connectivity index (χ4v) is 3.80. The minimum atomic E-state index is -2.06. The van der Waals surface area contributed by atoms with Crippen LogP contribution in [0.4, 0.5) is 15.8 Å². The third kappa shape index (κ3) is 3.15. The maximum absolute atomic E-state index is 13.8. The first-order chi connectivity index (χ1) is 14.3. The largest absolute Gasteiger partial charge is 0.372 e. The van der Waals surface area contributed by atoms with Gasteiger partial charge in [0.25, 0.3) is 5.91 Å². The molecule has 0 fully saturated rings. The van der Waals surface area contributed by atoms with E-state index < -0.39 is 23.2 Å². The number of fused-ring (bicyclic) bond motifs is 1. The molecule has 0 saturated heterocycles. The molecule has 0 bridgehead atoms. The predicted octanol–water partition coefficient (Wildman–Crippen LogP) is 3.66. The van der Waals surface area contributed by atoms with Crippen molar-refractivity contribution in [2.75, 3.05) is 16.8 Å². The summed E-state index contributed by atoms with van der Waals surface area (Å²) in [5.74, 6) is -1.64. The van der Waals surface area contributed by atoms with E-state index in [-0.39, 0.29) is 12.1 Å².